The van der Waals surface area contributed by atoms with Gasteiger partial charge < -0.3 is 9.47 Å². The van der Waals surface area contributed by atoms with Crippen molar-refractivity contribution >= 4 is 132 Å². The number of nitrogens with zero attached hydrogens (tertiary/aromatic N) is 2. The highest BCUT2D eigenvalue weighted by Gasteiger charge is 2.25. The van der Waals surface area contributed by atoms with E-state index in [1.165, 1.54) is 34.4 Å². The lowest BCUT2D eigenvalue weighted by molar-refractivity contribution is 0.0425. The molecule has 0 aliphatic rings. The minimum absolute atomic E-state index is 0.261. The summed E-state index contributed by atoms with van der Waals surface area (Å²) in [5.74, 6) is 0.264. The minimum Gasteiger partial charge on any atom is -0.461 e. The van der Waals surface area contributed by atoms with E-state index in [1.54, 1.807) is 22.7 Å². The number of aromatic nitrogens is 2. The smallest absolute Gasteiger partial charge is 0.348 e. The lowest BCUT2D eigenvalue weighted by Gasteiger charge is -2.14. The van der Waals surface area contributed by atoms with E-state index in [0.717, 1.165) is 111 Å². The first-order chi connectivity index (χ1) is 23.8. The molecule has 0 N–H and O–H groups in total. The molecule has 0 saturated carbocycles. The van der Waals surface area contributed by atoms with Crippen LogP contribution < -0.4 is 0 Å². The fourth-order valence-corrected chi connectivity index (χ4v) is 12.8. The summed E-state index contributed by atoms with van der Waals surface area (Å²) >= 11 is 14.9. The van der Waals surface area contributed by atoms with Crippen LogP contribution in [-0.4, -0.2) is 33.9 Å². The molecule has 0 saturated heterocycles. The average Bonchev–Trinajstić information content (AvgIpc) is 3.94. The van der Waals surface area contributed by atoms with E-state index >= 15 is 0 Å². The molecular formula is C36H38Br2N2O4S5. The molecule has 6 rings (SSSR count). The van der Waals surface area contributed by atoms with Crippen LogP contribution in [0.2, 0.25) is 0 Å². The van der Waals surface area contributed by atoms with Crippen molar-refractivity contribution in [2.75, 3.05) is 13.2 Å². The van der Waals surface area contributed by atoms with Gasteiger partial charge in [0.1, 0.15) is 20.8 Å². The van der Waals surface area contributed by atoms with E-state index in [1.807, 2.05) is 12.1 Å². The molecule has 5 aromatic heterocycles. The maximum atomic E-state index is 13.1. The zero-order valence-electron chi connectivity index (χ0n) is 27.9. The van der Waals surface area contributed by atoms with Crippen LogP contribution >= 0.6 is 88.9 Å². The molecular weight excluding hydrogens is 845 g/mol. The maximum absolute atomic E-state index is 13.1. The van der Waals surface area contributed by atoms with E-state index in [0.29, 0.717) is 34.8 Å². The zero-order valence-corrected chi connectivity index (χ0v) is 35.1. The molecule has 0 bridgehead atoms. The van der Waals surface area contributed by atoms with Gasteiger partial charge in [-0.3, -0.25) is 0 Å². The number of thiophene rings is 4. The first kappa shape index (κ1) is 37.0. The number of hydrogen-bond acceptors (Lipinski definition) is 11. The van der Waals surface area contributed by atoms with Crippen molar-refractivity contribution in [2.45, 2.75) is 79.1 Å². The standard InChI is InChI=1S/C36H38Br2N2O4S5/c1-5-9-11-19(7-3)17-43-35(41)25-15-23-31(45-25)29(47-33(23)37)21-13-14-22(28-27(21)39-49-40-28)30-32-24(34(38)48-30)16-26(46-32)36(42)44-18-20(8-4)12-10-6-2/h13-16,19-20H,5-12,17-18H2,1-4H3. The Morgan fingerprint density at radius 3 is 1.51 bits per heavy atom. The highest BCUT2D eigenvalue weighted by Crippen LogP contribution is 2.51. The van der Waals surface area contributed by atoms with E-state index < -0.39 is 0 Å². The third-order valence-electron chi connectivity index (χ3n) is 8.98. The second kappa shape index (κ2) is 16.7. The van der Waals surface area contributed by atoms with E-state index in [2.05, 4.69) is 71.7 Å². The van der Waals surface area contributed by atoms with E-state index in [-0.39, 0.29) is 11.9 Å². The van der Waals surface area contributed by atoms with Crippen LogP contribution in [0.15, 0.2) is 31.8 Å². The molecule has 49 heavy (non-hydrogen) atoms. The Bertz CT molecular complexity index is 1950. The summed E-state index contributed by atoms with van der Waals surface area (Å²) < 4.78 is 25.1. The second-order valence-corrected chi connectivity index (χ2v) is 19.6. The average molecular weight is 883 g/mol. The van der Waals surface area contributed by atoms with E-state index in [4.69, 9.17) is 18.2 Å². The van der Waals surface area contributed by atoms with Gasteiger partial charge in [0.25, 0.3) is 0 Å². The summed E-state index contributed by atoms with van der Waals surface area (Å²) in [4.78, 5) is 29.6. The largest absolute Gasteiger partial charge is 0.461 e. The summed E-state index contributed by atoms with van der Waals surface area (Å²) in [6, 6.07) is 8.10. The Morgan fingerprint density at radius 1 is 0.694 bits per heavy atom. The zero-order chi connectivity index (χ0) is 34.7. The number of benzene rings is 1. The number of rotatable bonds is 16. The van der Waals surface area contributed by atoms with Gasteiger partial charge in [0.2, 0.25) is 0 Å². The highest BCUT2D eigenvalue weighted by molar-refractivity contribution is 9.11. The molecule has 0 fully saturated rings. The molecule has 2 unspecified atom stereocenters. The van der Waals surface area contributed by atoms with Crippen LogP contribution in [0.5, 0.6) is 0 Å². The minimum atomic E-state index is -0.261. The molecule has 0 aliphatic carbocycles. The first-order valence-electron chi connectivity index (χ1n) is 16.8. The molecule has 260 valence electrons. The maximum Gasteiger partial charge on any atom is 0.348 e. The van der Waals surface area contributed by atoms with E-state index in [9.17, 15) is 9.59 Å². The molecule has 5 heterocycles. The number of halogens is 2. The summed E-state index contributed by atoms with van der Waals surface area (Å²) in [7, 11) is 0. The Kier molecular flexibility index (Phi) is 12.6. The molecule has 0 amide bonds. The Hall–Kier alpha value is -1.74. The van der Waals surface area contributed by atoms with Crippen molar-refractivity contribution in [1.29, 1.82) is 0 Å². The third kappa shape index (κ3) is 7.88. The lowest BCUT2D eigenvalue weighted by atomic mass is 10.0. The number of fused-ring (bicyclic) bond motifs is 3. The summed E-state index contributed by atoms with van der Waals surface area (Å²) in [6.45, 7) is 9.60. The van der Waals surface area contributed by atoms with Crippen LogP contribution in [0, 0.1) is 11.8 Å². The van der Waals surface area contributed by atoms with Crippen molar-refractivity contribution in [3.63, 3.8) is 0 Å². The predicted molar refractivity (Wildman–Crippen MR) is 217 cm³/mol. The SMILES string of the molecule is CCCCC(CC)COC(=O)c1cc2c(Br)sc(-c3ccc(-c4sc(Br)c5cc(C(=O)OCC(CC)CCCC)sc45)c4nsnc34)c2s1. The van der Waals surface area contributed by atoms with Gasteiger partial charge >= 0.3 is 11.9 Å². The van der Waals surface area contributed by atoms with Crippen molar-refractivity contribution in [3.05, 3.63) is 41.6 Å². The predicted octanol–water partition coefficient (Wildman–Crippen LogP) is 13.8. The number of esters is 2. The first-order valence-corrected chi connectivity index (χ1v) is 22.4. The third-order valence-corrected chi connectivity index (χ3v) is 15.9. The van der Waals surface area contributed by atoms with Gasteiger partial charge in [-0.15, -0.1) is 45.3 Å². The van der Waals surface area contributed by atoms with Crippen LogP contribution in [0.1, 0.15) is 98.4 Å². The topological polar surface area (TPSA) is 78.4 Å². The van der Waals surface area contributed by atoms with Gasteiger partial charge in [0.05, 0.1) is 51.7 Å². The fraction of sp³-hybridized carbons (Fsp3) is 0.444. The fourth-order valence-electron chi connectivity index (χ4n) is 5.91. The summed E-state index contributed by atoms with van der Waals surface area (Å²) in [5.41, 5.74) is 3.61. The van der Waals surface area contributed by atoms with Gasteiger partial charge in [-0.25, -0.2) is 9.59 Å². The van der Waals surface area contributed by atoms with Gasteiger partial charge in [0.15, 0.2) is 0 Å². The summed E-state index contributed by atoms with van der Waals surface area (Å²) in [5, 5.41) is 2.01. The lowest BCUT2D eigenvalue weighted by Crippen LogP contribution is -2.13. The normalized spacial score (nSPS) is 13.1. The van der Waals surface area contributed by atoms with Crippen molar-refractivity contribution in [1.82, 2.24) is 8.75 Å². The number of hydrogen-bond donors (Lipinski definition) is 0. The molecule has 0 spiro atoms. The number of carbonyl (C=O) groups excluding carboxylic acids is 2. The quantitative estimate of drug-likeness (QED) is 0.0901. The van der Waals surface area contributed by atoms with Gasteiger partial charge in [-0.1, -0.05) is 78.4 Å². The molecule has 1 aromatic carbocycles. The number of carbonyl (C=O) groups is 2. The van der Waals surface area contributed by atoms with Gasteiger partial charge in [0, 0.05) is 21.9 Å². The van der Waals surface area contributed by atoms with Crippen molar-refractivity contribution < 1.29 is 19.1 Å². The molecule has 6 aromatic rings. The monoisotopic (exact) mass is 880 g/mol. The van der Waals surface area contributed by atoms with Crippen LogP contribution in [0.4, 0.5) is 0 Å². The Balaban J connectivity index is 1.28. The number of ether oxygens (including phenoxy) is 2. The van der Waals surface area contributed by atoms with Crippen LogP contribution in [0.3, 0.4) is 0 Å². The molecule has 0 aliphatic heterocycles. The van der Waals surface area contributed by atoms with Gasteiger partial charge in [-0.2, -0.15) is 8.75 Å². The van der Waals surface area contributed by atoms with Crippen molar-refractivity contribution in [2.24, 2.45) is 11.8 Å². The number of unbranched alkanes of at least 4 members (excludes halogenated alkanes) is 2. The van der Waals surface area contributed by atoms with Crippen LogP contribution in [0.25, 0.3) is 52.1 Å². The summed E-state index contributed by atoms with van der Waals surface area (Å²) in [6.07, 6.45) is 8.75. The van der Waals surface area contributed by atoms with Crippen molar-refractivity contribution in [3.8, 4) is 20.9 Å². The molecule has 2 atom stereocenters. The Labute approximate surface area is 323 Å². The van der Waals surface area contributed by atoms with Crippen LogP contribution in [-0.2, 0) is 9.47 Å². The molecule has 0 radical (unpaired) electrons. The molecule has 13 heteroatoms. The highest BCUT2D eigenvalue weighted by atomic mass is 79.9. The van der Waals surface area contributed by atoms with Gasteiger partial charge in [-0.05, 0) is 68.7 Å². The molecule has 6 nitrogen and oxygen atoms in total. The Morgan fingerprint density at radius 2 is 1.12 bits per heavy atom. The second-order valence-electron chi connectivity index (χ2n) is 12.3.